The number of rotatable bonds is 3. The fourth-order valence-corrected chi connectivity index (χ4v) is 4.26. The monoisotopic (exact) mass is 349 g/mol. The van der Waals surface area contributed by atoms with Gasteiger partial charge < -0.3 is 4.90 Å². The number of nitriles is 1. The molecule has 0 aliphatic carbocycles. The third-order valence-electron chi connectivity index (χ3n) is 4.73. The molecule has 1 aromatic carbocycles. The lowest BCUT2D eigenvalue weighted by Gasteiger charge is -2.37. The number of pyridine rings is 1. The number of nitrogens with zero attached hydrogens (tertiary/aromatic N) is 5. The van der Waals surface area contributed by atoms with Gasteiger partial charge in [0.05, 0.1) is 21.8 Å². The Bertz CT molecular complexity index is 870. The maximum atomic E-state index is 8.88. The van der Waals surface area contributed by atoms with Crippen molar-refractivity contribution in [2.75, 3.05) is 31.1 Å². The summed E-state index contributed by atoms with van der Waals surface area (Å²) in [6.45, 7) is 6.09. The van der Waals surface area contributed by atoms with Crippen molar-refractivity contribution < 1.29 is 0 Å². The molecule has 0 bridgehead atoms. The summed E-state index contributed by atoms with van der Waals surface area (Å²) in [5, 5.41) is 10.1. The number of hydrogen-bond donors (Lipinski definition) is 0. The lowest BCUT2D eigenvalue weighted by molar-refractivity contribution is 0.198. The van der Waals surface area contributed by atoms with E-state index in [9.17, 15) is 0 Å². The first kappa shape index (κ1) is 16.0. The zero-order chi connectivity index (χ0) is 17.2. The molecular formula is C19H19N5S. The highest BCUT2D eigenvalue weighted by molar-refractivity contribution is 7.18. The minimum Gasteiger partial charge on any atom is -0.354 e. The lowest BCUT2D eigenvalue weighted by atomic mass is 10.2. The molecular weight excluding hydrogens is 330 g/mol. The van der Waals surface area contributed by atoms with E-state index in [1.165, 1.54) is 9.71 Å². The number of piperazine rings is 1. The highest BCUT2D eigenvalue weighted by Gasteiger charge is 2.24. The predicted octanol–water partition coefficient (Wildman–Crippen LogP) is 3.45. The Kier molecular flexibility index (Phi) is 4.35. The molecule has 5 nitrogen and oxygen atoms in total. The SMILES string of the molecule is CC(c1nc2ccccc2s1)N1CCN(c2ccc(C#N)cn2)CC1. The summed E-state index contributed by atoms with van der Waals surface area (Å²) in [6, 6.07) is 14.5. The van der Waals surface area contributed by atoms with Crippen LogP contribution in [0.25, 0.3) is 10.2 Å². The Hall–Kier alpha value is -2.49. The Labute approximate surface area is 151 Å². The van der Waals surface area contributed by atoms with Crippen molar-refractivity contribution in [3.63, 3.8) is 0 Å². The predicted molar refractivity (Wildman–Crippen MR) is 101 cm³/mol. The average molecular weight is 349 g/mol. The van der Waals surface area contributed by atoms with Gasteiger partial charge in [0, 0.05) is 32.4 Å². The summed E-state index contributed by atoms with van der Waals surface area (Å²) in [7, 11) is 0. The Morgan fingerprint density at radius 3 is 2.60 bits per heavy atom. The van der Waals surface area contributed by atoms with Crippen LogP contribution in [-0.2, 0) is 0 Å². The van der Waals surface area contributed by atoms with Crippen LogP contribution < -0.4 is 4.90 Å². The second-order valence-corrected chi connectivity index (χ2v) is 7.30. The van der Waals surface area contributed by atoms with E-state index in [-0.39, 0.29) is 0 Å². The van der Waals surface area contributed by atoms with E-state index in [0.29, 0.717) is 11.6 Å². The van der Waals surface area contributed by atoms with Gasteiger partial charge in [0.25, 0.3) is 0 Å². The van der Waals surface area contributed by atoms with Crippen LogP contribution in [0.1, 0.15) is 23.5 Å². The van der Waals surface area contributed by atoms with Crippen LogP contribution in [0.5, 0.6) is 0 Å². The number of hydrogen-bond acceptors (Lipinski definition) is 6. The quantitative estimate of drug-likeness (QED) is 0.725. The van der Waals surface area contributed by atoms with Gasteiger partial charge in [-0.05, 0) is 31.2 Å². The van der Waals surface area contributed by atoms with Crippen LogP contribution in [-0.4, -0.2) is 41.0 Å². The fraction of sp³-hybridized carbons (Fsp3) is 0.316. The van der Waals surface area contributed by atoms with Crippen LogP contribution >= 0.6 is 11.3 Å². The van der Waals surface area contributed by atoms with Gasteiger partial charge in [-0.25, -0.2) is 9.97 Å². The van der Waals surface area contributed by atoms with Gasteiger partial charge in [0.15, 0.2) is 0 Å². The normalized spacial score (nSPS) is 16.7. The van der Waals surface area contributed by atoms with Crippen LogP contribution in [0.15, 0.2) is 42.6 Å². The van der Waals surface area contributed by atoms with Crippen molar-refractivity contribution in [2.24, 2.45) is 0 Å². The molecule has 0 spiro atoms. The van der Waals surface area contributed by atoms with E-state index in [1.807, 2.05) is 18.2 Å². The molecule has 6 heteroatoms. The molecule has 126 valence electrons. The third-order valence-corrected chi connectivity index (χ3v) is 5.94. The molecule has 25 heavy (non-hydrogen) atoms. The highest BCUT2D eigenvalue weighted by atomic mass is 32.1. The van der Waals surface area contributed by atoms with Crippen molar-refractivity contribution in [1.82, 2.24) is 14.9 Å². The molecule has 1 aliphatic rings. The van der Waals surface area contributed by atoms with Gasteiger partial charge in [-0.1, -0.05) is 12.1 Å². The van der Waals surface area contributed by atoms with Crippen molar-refractivity contribution in [1.29, 1.82) is 5.26 Å². The molecule has 3 aromatic rings. The number of aromatic nitrogens is 2. The van der Waals surface area contributed by atoms with Crippen LogP contribution in [0.2, 0.25) is 0 Å². The summed E-state index contributed by atoms with van der Waals surface area (Å²) in [4.78, 5) is 14.0. The van der Waals surface area contributed by atoms with E-state index in [0.717, 1.165) is 37.5 Å². The van der Waals surface area contributed by atoms with E-state index < -0.39 is 0 Å². The minimum absolute atomic E-state index is 0.327. The van der Waals surface area contributed by atoms with E-state index in [2.05, 4.69) is 46.0 Å². The second kappa shape index (κ2) is 6.79. The molecule has 0 N–H and O–H groups in total. The standard InChI is InChI=1S/C19H19N5S/c1-14(19-22-16-4-2-3-5-17(16)25-19)23-8-10-24(11-9-23)18-7-6-15(12-20)13-21-18/h2-7,13-14H,8-11H2,1H3. The maximum Gasteiger partial charge on any atom is 0.128 e. The summed E-state index contributed by atoms with van der Waals surface area (Å²) in [5.41, 5.74) is 1.70. The number of thiazole rings is 1. The first-order chi connectivity index (χ1) is 12.2. The van der Waals surface area contributed by atoms with Crippen LogP contribution in [0.4, 0.5) is 5.82 Å². The molecule has 3 heterocycles. The van der Waals surface area contributed by atoms with E-state index >= 15 is 0 Å². The lowest BCUT2D eigenvalue weighted by Crippen LogP contribution is -2.47. The van der Waals surface area contributed by atoms with Crippen molar-refractivity contribution in [2.45, 2.75) is 13.0 Å². The molecule has 0 radical (unpaired) electrons. The zero-order valence-corrected chi connectivity index (χ0v) is 14.9. The highest BCUT2D eigenvalue weighted by Crippen LogP contribution is 2.30. The first-order valence-electron chi connectivity index (χ1n) is 8.45. The van der Waals surface area contributed by atoms with Crippen LogP contribution in [0, 0.1) is 11.3 Å². The number of fused-ring (bicyclic) bond motifs is 1. The first-order valence-corrected chi connectivity index (χ1v) is 9.27. The molecule has 1 fully saturated rings. The van der Waals surface area contributed by atoms with Crippen molar-refractivity contribution in [3.05, 3.63) is 53.2 Å². The smallest absolute Gasteiger partial charge is 0.128 e. The summed E-state index contributed by atoms with van der Waals surface area (Å²) in [6.07, 6.45) is 1.64. The summed E-state index contributed by atoms with van der Waals surface area (Å²) < 4.78 is 1.25. The van der Waals surface area contributed by atoms with Gasteiger partial charge in [0.1, 0.15) is 16.9 Å². The van der Waals surface area contributed by atoms with Gasteiger partial charge in [-0.3, -0.25) is 4.90 Å². The zero-order valence-electron chi connectivity index (χ0n) is 14.1. The molecule has 1 saturated heterocycles. The van der Waals surface area contributed by atoms with E-state index in [1.54, 1.807) is 17.5 Å². The Morgan fingerprint density at radius 2 is 1.92 bits per heavy atom. The van der Waals surface area contributed by atoms with Crippen LogP contribution in [0.3, 0.4) is 0 Å². The molecule has 2 aromatic heterocycles. The Balaban J connectivity index is 1.43. The third kappa shape index (κ3) is 3.21. The van der Waals surface area contributed by atoms with Crippen molar-refractivity contribution >= 4 is 27.4 Å². The fourth-order valence-electron chi connectivity index (χ4n) is 3.20. The Morgan fingerprint density at radius 1 is 1.12 bits per heavy atom. The largest absolute Gasteiger partial charge is 0.354 e. The molecule has 0 saturated carbocycles. The van der Waals surface area contributed by atoms with Crippen molar-refractivity contribution in [3.8, 4) is 6.07 Å². The van der Waals surface area contributed by atoms with Gasteiger partial charge in [-0.2, -0.15) is 5.26 Å². The number of anilines is 1. The van der Waals surface area contributed by atoms with Gasteiger partial charge in [-0.15, -0.1) is 11.3 Å². The minimum atomic E-state index is 0.327. The second-order valence-electron chi connectivity index (χ2n) is 6.24. The number of para-hydroxylation sites is 1. The van der Waals surface area contributed by atoms with Gasteiger partial charge in [0.2, 0.25) is 0 Å². The van der Waals surface area contributed by atoms with Gasteiger partial charge >= 0.3 is 0 Å². The summed E-state index contributed by atoms with van der Waals surface area (Å²) >= 11 is 1.79. The maximum absolute atomic E-state index is 8.88. The average Bonchev–Trinajstić information content (AvgIpc) is 3.12. The van der Waals surface area contributed by atoms with E-state index in [4.69, 9.17) is 10.2 Å². The molecule has 0 amide bonds. The molecule has 1 atom stereocenters. The topological polar surface area (TPSA) is 56.1 Å². The molecule has 1 unspecified atom stereocenters. The number of benzene rings is 1. The molecule has 1 aliphatic heterocycles. The molecule has 4 rings (SSSR count). The summed E-state index contributed by atoms with van der Waals surface area (Å²) in [5.74, 6) is 0.950.